The molecule has 0 fully saturated rings. The highest BCUT2D eigenvalue weighted by atomic mass is 32.2. The molecular weight excluding hydrogens is 619 g/mol. The topological polar surface area (TPSA) is 104 Å². The van der Waals surface area contributed by atoms with Crippen LogP contribution in [0.25, 0.3) is 0 Å². The van der Waals surface area contributed by atoms with E-state index < -0.39 is 28.0 Å². The minimum Gasteiger partial charge on any atom is -0.387 e. The fourth-order valence-corrected chi connectivity index (χ4v) is 5.99. The van der Waals surface area contributed by atoms with Crippen molar-refractivity contribution in [3.63, 3.8) is 0 Å². The van der Waals surface area contributed by atoms with Crippen molar-refractivity contribution in [1.29, 1.82) is 0 Å². The number of carbonyl (C=O) groups is 1. The molecule has 6 nitrogen and oxygen atoms in total. The van der Waals surface area contributed by atoms with Gasteiger partial charge in [-0.1, -0.05) is 151 Å². The Morgan fingerprint density at radius 1 is 0.583 bits per heavy atom. The lowest BCUT2D eigenvalue weighted by atomic mass is 10.1. The van der Waals surface area contributed by atoms with Gasteiger partial charge in [-0.05, 0) is 77.0 Å². The maximum atomic E-state index is 12.5. The molecule has 0 heterocycles. The van der Waals surface area contributed by atoms with Crippen molar-refractivity contribution in [1.82, 2.24) is 5.32 Å². The van der Waals surface area contributed by atoms with Crippen LogP contribution in [-0.2, 0) is 14.9 Å². The maximum Gasteiger partial charge on any atom is 0.267 e. The Morgan fingerprint density at radius 2 is 1.02 bits per heavy atom. The number of rotatable bonds is 33. The molecule has 0 aromatic carbocycles. The van der Waals surface area contributed by atoms with Crippen molar-refractivity contribution in [2.75, 3.05) is 5.75 Å². The molecule has 0 radical (unpaired) electrons. The molecule has 276 valence electrons. The van der Waals surface area contributed by atoms with Gasteiger partial charge >= 0.3 is 0 Å². The summed E-state index contributed by atoms with van der Waals surface area (Å²) in [5.74, 6) is -1.03. The van der Waals surface area contributed by atoms with Gasteiger partial charge < -0.3 is 10.4 Å². The molecule has 3 N–H and O–H groups in total. The first-order valence-corrected chi connectivity index (χ1v) is 20.7. The predicted molar refractivity (Wildman–Crippen MR) is 207 cm³/mol. The maximum absolute atomic E-state index is 12.5. The number of allylic oxidation sites excluding steroid dienone is 11. The van der Waals surface area contributed by atoms with E-state index in [4.69, 9.17) is 0 Å². The Morgan fingerprint density at radius 3 is 1.56 bits per heavy atom. The largest absolute Gasteiger partial charge is 0.387 e. The average molecular weight is 690 g/mol. The molecule has 0 spiro atoms. The smallest absolute Gasteiger partial charge is 0.267 e. The molecule has 0 aromatic heterocycles. The summed E-state index contributed by atoms with van der Waals surface area (Å²) < 4.78 is 32.4. The third kappa shape index (κ3) is 35.1. The molecular formula is C41H71NO5S. The number of aliphatic hydroxyl groups excluding tert-OH is 1. The van der Waals surface area contributed by atoms with Crippen molar-refractivity contribution < 1.29 is 22.9 Å². The van der Waals surface area contributed by atoms with Crippen molar-refractivity contribution in [3.05, 3.63) is 72.9 Å². The van der Waals surface area contributed by atoms with E-state index in [9.17, 15) is 22.9 Å². The van der Waals surface area contributed by atoms with Gasteiger partial charge in [0.2, 0.25) is 5.91 Å². The van der Waals surface area contributed by atoms with Gasteiger partial charge in [-0.15, -0.1) is 0 Å². The van der Waals surface area contributed by atoms with Crippen LogP contribution in [0.1, 0.15) is 162 Å². The first-order valence-electron chi connectivity index (χ1n) is 19.1. The normalized spacial score (nSPS) is 14.2. The van der Waals surface area contributed by atoms with Gasteiger partial charge in [0.15, 0.2) is 0 Å². The van der Waals surface area contributed by atoms with Crippen molar-refractivity contribution >= 4 is 16.0 Å². The lowest BCUT2D eigenvalue weighted by Gasteiger charge is -2.21. The van der Waals surface area contributed by atoms with E-state index in [1.54, 1.807) is 6.08 Å². The van der Waals surface area contributed by atoms with E-state index in [-0.39, 0.29) is 12.3 Å². The second-order valence-corrected chi connectivity index (χ2v) is 14.3. The van der Waals surface area contributed by atoms with Crippen LogP contribution in [0.2, 0.25) is 0 Å². The molecule has 7 heteroatoms. The van der Waals surface area contributed by atoms with Crippen LogP contribution in [-0.4, -0.2) is 41.9 Å². The number of hydrogen-bond acceptors (Lipinski definition) is 4. The summed E-state index contributed by atoms with van der Waals surface area (Å²) in [6.07, 6.45) is 48.8. The lowest BCUT2D eigenvalue weighted by molar-refractivity contribution is -0.122. The third-order valence-electron chi connectivity index (χ3n) is 8.09. The SMILES string of the molecule is CC/C=C\C/C=C\C/C=C\CCCCCCCCCC(=O)NC(CS(=O)(=O)O)C(O)/C=C/CC/C=C/CC/C=C/CCCCCCCC. The molecule has 0 aliphatic rings. The summed E-state index contributed by atoms with van der Waals surface area (Å²) in [4.78, 5) is 12.5. The number of carbonyl (C=O) groups excluding carboxylic acids is 1. The Balaban J connectivity index is 4.07. The van der Waals surface area contributed by atoms with Gasteiger partial charge in [0.05, 0.1) is 17.9 Å². The van der Waals surface area contributed by atoms with E-state index in [1.807, 2.05) is 0 Å². The highest BCUT2D eigenvalue weighted by Gasteiger charge is 2.24. The molecule has 0 aliphatic carbocycles. The quantitative estimate of drug-likeness (QED) is 0.0361. The highest BCUT2D eigenvalue weighted by molar-refractivity contribution is 7.85. The number of amides is 1. The molecule has 48 heavy (non-hydrogen) atoms. The van der Waals surface area contributed by atoms with E-state index in [0.29, 0.717) is 12.8 Å². The molecule has 0 aromatic rings. The predicted octanol–water partition coefficient (Wildman–Crippen LogP) is 11.1. The van der Waals surface area contributed by atoms with Gasteiger partial charge in [0, 0.05) is 6.42 Å². The molecule has 2 unspecified atom stereocenters. The Hall–Kier alpha value is -2.22. The summed E-state index contributed by atoms with van der Waals surface area (Å²) in [5.41, 5.74) is 0. The zero-order valence-electron chi connectivity index (χ0n) is 30.6. The van der Waals surface area contributed by atoms with Crippen LogP contribution in [0.4, 0.5) is 0 Å². The molecule has 1 amide bonds. The molecule has 0 aliphatic heterocycles. The fraction of sp³-hybridized carbons (Fsp3) is 0.683. The number of hydrogen-bond donors (Lipinski definition) is 3. The molecule has 0 saturated carbocycles. The zero-order valence-corrected chi connectivity index (χ0v) is 31.4. The minimum absolute atomic E-state index is 0.269. The van der Waals surface area contributed by atoms with E-state index >= 15 is 0 Å². The molecule has 0 rings (SSSR count). The second kappa shape index (κ2) is 34.6. The van der Waals surface area contributed by atoms with Gasteiger partial charge in [-0.3, -0.25) is 9.35 Å². The average Bonchev–Trinajstić information content (AvgIpc) is 3.05. The van der Waals surface area contributed by atoms with Crippen LogP contribution in [0, 0.1) is 0 Å². The number of aliphatic hydroxyl groups is 1. The summed E-state index contributed by atoms with van der Waals surface area (Å²) in [6, 6.07) is -1.09. The standard InChI is InChI=1S/C41H71NO5S/c1-3-5-7-9-11-13-15-17-19-21-23-25-27-29-31-33-35-37-41(44)42-39(38-48(45,46)47)40(43)36-34-32-30-28-26-24-22-20-18-16-14-12-10-8-6-4-2/h5,7,11,13,17-20,26,28,34,36,39-40,43H,3-4,6,8-10,12,14-16,21-25,27,29-33,35,37-38H2,1-2H3,(H,42,44)(H,45,46,47)/b7-5-,13-11-,19-17-,20-18+,28-26+,36-34+. The molecule has 2 atom stereocenters. The monoisotopic (exact) mass is 690 g/mol. The summed E-state index contributed by atoms with van der Waals surface area (Å²) in [6.45, 7) is 4.39. The van der Waals surface area contributed by atoms with E-state index in [2.05, 4.69) is 79.9 Å². The van der Waals surface area contributed by atoms with Gasteiger partial charge in [0.1, 0.15) is 0 Å². The van der Waals surface area contributed by atoms with E-state index in [0.717, 1.165) is 70.6 Å². The van der Waals surface area contributed by atoms with Crippen LogP contribution >= 0.6 is 0 Å². The summed E-state index contributed by atoms with van der Waals surface area (Å²) >= 11 is 0. The van der Waals surface area contributed by atoms with Crippen LogP contribution in [0.5, 0.6) is 0 Å². The highest BCUT2D eigenvalue weighted by Crippen LogP contribution is 2.11. The van der Waals surface area contributed by atoms with Crippen molar-refractivity contribution in [2.45, 2.75) is 174 Å². The fourth-order valence-electron chi connectivity index (χ4n) is 5.26. The first-order chi connectivity index (χ1) is 23.3. The lowest BCUT2D eigenvalue weighted by Crippen LogP contribution is -2.46. The van der Waals surface area contributed by atoms with Crippen LogP contribution in [0.15, 0.2) is 72.9 Å². The Bertz CT molecular complexity index is 1030. The van der Waals surface area contributed by atoms with Gasteiger partial charge in [-0.25, -0.2) is 0 Å². The minimum atomic E-state index is -4.36. The summed E-state index contributed by atoms with van der Waals surface area (Å²) in [5, 5.41) is 13.2. The van der Waals surface area contributed by atoms with Crippen LogP contribution in [0.3, 0.4) is 0 Å². The van der Waals surface area contributed by atoms with Gasteiger partial charge in [0.25, 0.3) is 10.1 Å². The molecule has 0 bridgehead atoms. The molecule has 0 saturated heterocycles. The first kappa shape index (κ1) is 45.8. The number of unbranched alkanes of at least 4 members (excludes halogenated alkanes) is 15. The summed E-state index contributed by atoms with van der Waals surface area (Å²) in [7, 11) is -4.36. The van der Waals surface area contributed by atoms with Gasteiger partial charge in [-0.2, -0.15) is 8.42 Å². The van der Waals surface area contributed by atoms with Crippen molar-refractivity contribution in [3.8, 4) is 0 Å². The third-order valence-corrected chi connectivity index (χ3v) is 8.87. The Kier molecular flexibility index (Phi) is 33.0. The van der Waals surface area contributed by atoms with Crippen molar-refractivity contribution in [2.24, 2.45) is 0 Å². The Labute approximate surface area is 295 Å². The zero-order chi connectivity index (χ0) is 35.4. The number of nitrogens with one attached hydrogen (secondary N) is 1. The van der Waals surface area contributed by atoms with E-state index in [1.165, 1.54) is 63.9 Å². The second-order valence-electron chi connectivity index (χ2n) is 12.8. The van der Waals surface area contributed by atoms with Crippen LogP contribution < -0.4 is 5.32 Å².